The second-order valence-electron chi connectivity index (χ2n) is 5.39. The third-order valence-corrected chi connectivity index (χ3v) is 4.49. The van der Waals surface area contributed by atoms with E-state index in [0.29, 0.717) is 10.9 Å². The molecule has 124 valence electrons. The summed E-state index contributed by atoms with van der Waals surface area (Å²) in [4.78, 5) is 16.7. The van der Waals surface area contributed by atoms with E-state index >= 15 is 0 Å². The molecule has 1 N–H and O–H groups in total. The first-order valence-electron chi connectivity index (χ1n) is 7.53. The van der Waals surface area contributed by atoms with Crippen LogP contribution in [0.4, 0.5) is 5.13 Å². The highest BCUT2D eigenvalue weighted by Gasteiger charge is 2.12. The molecular weight excluding hydrogens is 334 g/mol. The molecule has 2 aromatic carbocycles. The third-order valence-electron chi connectivity index (χ3n) is 3.56. The summed E-state index contributed by atoms with van der Waals surface area (Å²) in [6.07, 6.45) is 1.53. The average Bonchev–Trinajstić information content (AvgIpc) is 3.01. The summed E-state index contributed by atoms with van der Waals surface area (Å²) < 4.78 is 6.09. The van der Waals surface area contributed by atoms with Gasteiger partial charge in [0.05, 0.1) is 17.3 Å². The van der Waals surface area contributed by atoms with Gasteiger partial charge >= 0.3 is 0 Å². The molecule has 1 heterocycles. The first kappa shape index (κ1) is 16.7. The highest BCUT2D eigenvalue weighted by atomic mass is 32.1. The van der Waals surface area contributed by atoms with E-state index in [1.807, 2.05) is 31.2 Å². The number of amides is 1. The molecule has 0 aliphatic rings. The van der Waals surface area contributed by atoms with Crippen molar-refractivity contribution in [2.75, 3.05) is 12.4 Å². The van der Waals surface area contributed by atoms with Crippen LogP contribution in [-0.4, -0.2) is 18.0 Å². The Bertz CT molecular complexity index is 998. The Labute approximate surface area is 149 Å². The van der Waals surface area contributed by atoms with Crippen LogP contribution in [0.25, 0.3) is 16.3 Å². The molecule has 1 amide bonds. The summed E-state index contributed by atoms with van der Waals surface area (Å²) in [6, 6.07) is 14.9. The molecule has 0 bridgehead atoms. The Hall–Kier alpha value is -3.17. The van der Waals surface area contributed by atoms with Gasteiger partial charge in [-0.25, -0.2) is 4.98 Å². The van der Waals surface area contributed by atoms with Crippen molar-refractivity contribution < 1.29 is 9.53 Å². The van der Waals surface area contributed by atoms with Crippen molar-refractivity contribution in [3.8, 4) is 11.8 Å². The van der Waals surface area contributed by atoms with Crippen LogP contribution < -0.4 is 10.1 Å². The first-order valence-corrected chi connectivity index (χ1v) is 8.35. The van der Waals surface area contributed by atoms with Gasteiger partial charge in [-0.3, -0.25) is 10.1 Å². The summed E-state index contributed by atoms with van der Waals surface area (Å²) in [6.45, 7) is 2.00. The Morgan fingerprint density at radius 3 is 2.72 bits per heavy atom. The summed E-state index contributed by atoms with van der Waals surface area (Å²) in [7, 11) is 1.58. The number of carbonyl (C=O) groups excluding carboxylic acids is 1. The van der Waals surface area contributed by atoms with Gasteiger partial charge in [-0.05, 0) is 48.4 Å². The molecule has 0 spiro atoms. The molecule has 25 heavy (non-hydrogen) atoms. The molecule has 0 atom stereocenters. The number of hydrogen-bond donors (Lipinski definition) is 1. The molecule has 0 saturated carbocycles. The topological polar surface area (TPSA) is 75.0 Å². The van der Waals surface area contributed by atoms with Gasteiger partial charge < -0.3 is 4.74 Å². The summed E-state index contributed by atoms with van der Waals surface area (Å²) in [5.74, 6) is 0.235. The third kappa shape index (κ3) is 3.84. The van der Waals surface area contributed by atoms with E-state index in [-0.39, 0.29) is 5.57 Å². The molecule has 0 radical (unpaired) electrons. The van der Waals surface area contributed by atoms with E-state index in [1.54, 1.807) is 31.4 Å². The lowest BCUT2D eigenvalue weighted by Gasteiger charge is -2.01. The van der Waals surface area contributed by atoms with Crippen molar-refractivity contribution >= 4 is 38.7 Å². The molecular formula is C19H15N3O2S. The zero-order chi connectivity index (χ0) is 17.8. The number of nitriles is 1. The number of hydrogen-bond acceptors (Lipinski definition) is 5. The van der Waals surface area contributed by atoms with Gasteiger partial charge in [0.2, 0.25) is 0 Å². The Balaban J connectivity index is 1.81. The predicted molar refractivity (Wildman–Crippen MR) is 99.6 cm³/mol. The highest BCUT2D eigenvalue weighted by molar-refractivity contribution is 7.22. The van der Waals surface area contributed by atoms with Crippen molar-refractivity contribution in [1.82, 2.24) is 4.98 Å². The Morgan fingerprint density at radius 1 is 1.28 bits per heavy atom. The second kappa shape index (κ2) is 7.16. The van der Waals surface area contributed by atoms with Gasteiger partial charge in [0, 0.05) is 0 Å². The van der Waals surface area contributed by atoms with E-state index in [4.69, 9.17) is 4.74 Å². The fraction of sp³-hybridized carbons (Fsp3) is 0.105. The van der Waals surface area contributed by atoms with Crippen LogP contribution >= 0.6 is 11.3 Å². The lowest BCUT2D eigenvalue weighted by atomic mass is 10.1. The Kier molecular flexibility index (Phi) is 4.78. The van der Waals surface area contributed by atoms with Crippen LogP contribution in [-0.2, 0) is 4.79 Å². The number of methoxy groups -OCH3 is 1. The number of nitrogens with one attached hydrogen (secondary N) is 1. The van der Waals surface area contributed by atoms with Crippen LogP contribution in [0.3, 0.4) is 0 Å². The zero-order valence-electron chi connectivity index (χ0n) is 13.7. The molecule has 3 aromatic rings. The van der Waals surface area contributed by atoms with Gasteiger partial charge in [-0.2, -0.15) is 5.26 Å². The minimum Gasteiger partial charge on any atom is -0.497 e. The number of fused-ring (bicyclic) bond motifs is 1. The predicted octanol–water partition coefficient (Wildman–Crippen LogP) is 4.16. The normalized spacial score (nSPS) is 11.2. The van der Waals surface area contributed by atoms with Crippen LogP contribution in [0.15, 0.2) is 48.0 Å². The zero-order valence-corrected chi connectivity index (χ0v) is 14.6. The summed E-state index contributed by atoms with van der Waals surface area (Å²) in [5.41, 5.74) is 2.71. The summed E-state index contributed by atoms with van der Waals surface area (Å²) in [5, 5.41) is 12.5. The number of carbonyl (C=O) groups is 1. The quantitative estimate of drug-likeness (QED) is 0.567. The molecule has 0 unspecified atom stereocenters. The molecule has 0 aliphatic heterocycles. The lowest BCUT2D eigenvalue weighted by Crippen LogP contribution is -2.13. The van der Waals surface area contributed by atoms with Crippen molar-refractivity contribution in [2.45, 2.75) is 6.92 Å². The molecule has 0 saturated heterocycles. The van der Waals surface area contributed by atoms with Gasteiger partial charge in [0.15, 0.2) is 5.13 Å². The second-order valence-corrected chi connectivity index (χ2v) is 6.42. The van der Waals surface area contributed by atoms with Crippen LogP contribution in [0, 0.1) is 18.3 Å². The molecule has 0 fully saturated rings. The fourth-order valence-electron chi connectivity index (χ4n) is 2.27. The molecule has 5 nitrogen and oxygen atoms in total. The summed E-state index contributed by atoms with van der Waals surface area (Å²) >= 11 is 1.38. The van der Waals surface area contributed by atoms with Crippen molar-refractivity contribution in [2.24, 2.45) is 0 Å². The molecule has 1 aromatic heterocycles. The maximum absolute atomic E-state index is 12.4. The van der Waals surface area contributed by atoms with E-state index in [1.165, 1.54) is 17.4 Å². The molecule has 3 rings (SSSR count). The van der Waals surface area contributed by atoms with E-state index in [0.717, 1.165) is 21.3 Å². The number of anilines is 1. The van der Waals surface area contributed by atoms with Crippen LogP contribution in [0.2, 0.25) is 0 Å². The smallest absolute Gasteiger partial charge is 0.268 e. The molecule has 0 aliphatic carbocycles. The van der Waals surface area contributed by atoms with E-state index in [9.17, 15) is 10.1 Å². The number of benzene rings is 2. The SMILES string of the molecule is COc1ccc(/C=C(\C#N)C(=O)Nc2nc3ccc(C)cc3s2)cc1. The number of aryl methyl sites for hydroxylation is 1. The van der Waals surface area contributed by atoms with Crippen LogP contribution in [0.5, 0.6) is 5.75 Å². The monoisotopic (exact) mass is 349 g/mol. The minimum atomic E-state index is -0.478. The van der Waals surface area contributed by atoms with Crippen molar-refractivity contribution in [3.63, 3.8) is 0 Å². The van der Waals surface area contributed by atoms with Crippen molar-refractivity contribution in [3.05, 3.63) is 59.2 Å². The van der Waals surface area contributed by atoms with Gasteiger partial charge in [-0.15, -0.1) is 0 Å². The van der Waals surface area contributed by atoms with E-state index in [2.05, 4.69) is 10.3 Å². The first-order chi connectivity index (χ1) is 12.1. The van der Waals surface area contributed by atoms with Gasteiger partial charge in [-0.1, -0.05) is 29.5 Å². The van der Waals surface area contributed by atoms with Gasteiger partial charge in [0.25, 0.3) is 5.91 Å². The maximum Gasteiger partial charge on any atom is 0.268 e. The Morgan fingerprint density at radius 2 is 2.04 bits per heavy atom. The molecule has 6 heteroatoms. The van der Waals surface area contributed by atoms with E-state index < -0.39 is 5.91 Å². The number of thiazole rings is 1. The number of ether oxygens (including phenoxy) is 1. The fourth-order valence-corrected chi connectivity index (χ4v) is 3.22. The van der Waals surface area contributed by atoms with Crippen molar-refractivity contribution in [1.29, 1.82) is 5.26 Å². The standard InChI is InChI=1S/C19H15N3O2S/c1-12-3-8-16-17(9-12)25-19(21-16)22-18(23)14(11-20)10-13-4-6-15(24-2)7-5-13/h3-10H,1-2H3,(H,21,22,23)/b14-10+. The number of aromatic nitrogens is 1. The average molecular weight is 349 g/mol. The maximum atomic E-state index is 12.4. The van der Waals surface area contributed by atoms with Crippen LogP contribution in [0.1, 0.15) is 11.1 Å². The largest absolute Gasteiger partial charge is 0.497 e. The van der Waals surface area contributed by atoms with Gasteiger partial charge in [0.1, 0.15) is 17.4 Å². The number of nitrogens with zero attached hydrogens (tertiary/aromatic N) is 2. The highest BCUT2D eigenvalue weighted by Crippen LogP contribution is 2.27. The minimum absolute atomic E-state index is 0.0144. The number of rotatable bonds is 4. The lowest BCUT2D eigenvalue weighted by molar-refractivity contribution is -0.112.